The van der Waals surface area contributed by atoms with E-state index in [0.717, 1.165) is 0 Å². The summed E-state index contributed by atoms with van der Waals surface area (Å²) in [5.41, 5.74) is 8.07. The van der Waals surface area contributed by atoms with Crippen LogP contribution in [0, 0.1) is 0 Å². The van der Waals surface area contributed by atoms with E-state index in [9.17, 15) is 0 Å². The van der Waals surface area contributed by atoms with Gasteiger partial charge in [0.1, 0.15) is 0 Å². The van der Waals surface area contributed by atoms with Gasteiger partial charge in [0.15, 0.2) is 0 Å². The van der Waals surface area contributed by atoms with Crippen LogP contribution in [0.3, 0.4) is 0 Å². The molecule has 0 saturated carbocycles. The predicted octanol–water partition coefficient (Wildman–Crippen LogP) is 9.11. The minimum Gasteiger partial charge on any atom is -0.328 e. The molecule has 5 rings (SSSR count). The Kier molecular flexibility index (Phi) is 8.06. The molecule has 0 aromatic heterocycles. The first kappa shape index (κ1) is 28.0. The molecule has 0 unspecified atom stereocenters. The second-order valence-electron chi connectivity index (χ2n) is 11.8. The van der Waals surface area contributed by atoms with Crippen molar-refractivity contribution in [2.45, 2.75) is 52.4 Å². The van der Waals surface area contributed by atoms with Gasteiger partial charge in [-0.2, -0.15) is 0 Å². The van der Waals surface area contributed by atoms with E-state index < -0.39 is 8.60 Å². The topological polar surface area (TPSA) is 60.7 Å². The lowest BCUT2D eigenvalue weighted by Crippen LogP contribution is -2.11. The molecule has 0 spiro atoms. The van der Waals surface area contributed by atoms with Crippen molar-refractivity contribution in [3.05, 3.63) is 108 Å². The molecule has 3 nitrogen and oxygen atoms in total. The van der Waals surface area contributed by atoms with Gasteiger partial charge >= 0.3 is 8.60 Å². The van der Waals surface area contributed by atoms with Crippen LogP contribution in [0.4, 0.5) is 0 Å². The monoisotopic (exact) mass is 524 g/mol. The lowest BCUT2D eigenvalue weighted by Gasteiger charge is -2.22. The van der Waals surface area contributed by atoms with E-state index in [2.05, 4.69) is 139 Å². The van der Waals surface area contributed by atoms with E-state index in [4.69, 9.17) is 14.7 Å². The SMILES string of the molecule is CC(C)(C)c1cccc2ccc(-c3ccccc3-c3ccc4cccc(C(C)(C)C)c4c3)cc12.OP(O)O. The molecule has 196 valence electrons. The maximum atomic E-state index is 7.23. The fourth-order valence-corrected chi connectivity index (χ4v) is 5.17. The molecule has 0 aliphatic rings. The van der Waals surface area contributed by atoms with Crippen molar-refractivity contribution < 1.29 is 14.7 Å². The van der Waals surface area contributed by atoms with Crippen molar-refractivity contribution >= 4 is 30.1 Å². The Bertz CT molecular complexity index is 1450. The Labute approximate surface area is 227 Å². The van der Waals surface area contributed by atoms with Gasteiger partial charge in [0.25, 0.3) is 0 Å². The van der Waals surface area contributed by atoms with E-state index in [1.165, 1.54) is 54.9 Å². The number of hydrogen-bond acceptors (Lipinski definition) is 3. The minimum absolute atomic E-state index is 0.0966. The van der Waals surface area contributed by atoms with Crippen molar-refractivity contribution in [2.75, 3.05) is 0 Å². The fraction of sp³-hybridized carbons (Fsp3) is 0.235. The average Bonchev–Trinajstić information content (AvgIpc) is 2.86. The van der Waals surface area contributed by atoms with Crippen molar-refractivity contribution in [1.29, 1.82) is 0 Å². The molecule has 0 heterocycles. The standard InChI is InChI=1S/C34H34.H3O3P/c1-33(2,3)31-15-9-11-23-17-19-25(21-29(23)31)27-13-7-8-14-28(27)26-20-18-24-12-10-16-32(30(24)22-26)34(4,5)6;1-4(2)3/h7-22H,1-6H3;1-3H. The van der Waals surface area contributed by atoms with E-state index in [1.807, 2.05) is 0 Å². The van der Waals surface area contributed by atoms with Gasteiger partial charge in [-0.15, -0.1) is 0 Å². The Hall–Kier alpha value is -3.07. The third kappa shape index (κ3) is 6.14. The summed E-state index contributed by atoms with van der Waals surface area (Å²) in [5.74, 6) is 0. The Morgan fingerprint density at radius 3 is 1.18 bits per heavy atom. The maximum Gasteiger partial charge on any atom is 0.324 e. The maximum absolute atomic E-state index is 7.23. The zero-order chi connectivity index (χ0) is 27.7. The zero-order valence-corrected chi connectivity index (χ0v) is 23.9. The quantitative estimate of drug-likeness (QED) is 0.202. The molecule has 0 fully saturated rings. The molecule has 0 aliphatic heterocycles. The van der Waals surface area contributed by atoms with Crippen LogP contribution in [-0.4, -0.2) is 14.7 Å². The first-order valence-electron chi connectivity index (χ1n) is 12.9. The Morgan fingerprint density at radius 1 is 0.474 bits per heavy atom. The molecule has 5 aromatic carbocycles. The van der Waals surface area contributed by atoms with Crippen molar-refractivity contribution in [2.24, 2.45) is 0 Å². The summed E-state index contributed by atoms with van der Waals surface area (Å²) in [6, 6.07) is 36.0. The van der Waals surface area contributed by atoms with Crippen molar-refractivity contribution in [3.8, 4) is 22.3 Å². The van der Waals surface area contributed by atoms with E-state index in [0.29, 0.717) is 0 Å². The second kappa shape index (κ2) is 11.0. The lowest BCUT2D eigenvalue weighted by molar-refractivity contribution is 0.368. The van der Waals surface area contributed by atoms with Gasteiger partial charge in [0.2, 0.25) is 0 Å². The van der Waals surface area contributed by atoms with Crippen LogP contribution in [0.15, 0.2) is 97.1 Å². The highest BCUT2D eigenvalue weighted by atomic mass is 31.2. The van der Waals surface area contributed by atoms with Gasteiger partial charge < -0.3 is 14.7 Å². The summed E-state index contributed by atoms with van der Waals surface area (Å²) in [7, 11) is -2.62. The molecule has 3 N–H and O–H groups in total. The van der Waals surface area contributed by atoms with Gasteiger partial charge in [-0.3, -0.25) is 0 Å². The van der Waals surface area contributed by atoms with Crippen LogP contribution in [-0.2, 0) is 10.8 Å². The van der Waals surface area contributed by atoms with Crippen molar-refractivity contribution in [3.63, 3.8) is 0 Å². The van der Waals surface area contributed by atoms with E-state index in [1.54, 1.807) is 0 Å². The third-order valence-corrected chi connectivity index (χ3v) is 6.93. The summed E-state index contributed by atoms with van der Waals surface area (Å²) in [6.07, 6.45) is 0. The molecule has 0 aliphatic carbocycles. The first-order chi connectivity index (χ1) is 17.9. The normalized spacial score (nSPS) is 12.1. The van der Waals surface area contributed by atoms with Gasteiger partial charge in [-0.05, 0) is 77.9 Å². The summed E-state index contributed by atoms with van der Waals surface area (Å²) in [5, 5.41) is 5.29. The minimum atomic E-state index is -2.62. The number of hydrogen-bond donors (Lipinski definition) is 3. The predicted molar refractivity (Wildman–Crippen MR) is 163 cm³/mol. The summed E-state index contributed by atoms with van der Waals surface area (Å²) in [4.78, 5) is 21.7. The summed E-state index contributed by atoms with van der Waals surface area (Å²) < 4.78 is 0. The summed E-state index contributed by atoms with van der Waals surface area (Å²) >= 11 is 0. The van der Waals surface area contributed by atoms with Crippen LogP contribution in [0.1, 0.15) is 52.7 Å². The van der Waals surface area contributed by atoms with Crippen LogP contribution < -0.4 is 0 Å². The molecule has 5 aromatic rings. The van der Waals surface area contributed by atoms with E-state index in [-0.39, 0.29) is 10.8 Å². The molecular weight excluding hydrogens is 487 g/mol. The molecule has 0 amide bonds. The molecule has 4 heteroatoms. The molecule has 38 heavy (non-hydrogen) atoms. The highest BCUT2D eigenvalue weighted by molar-refractivity contribution is 7.38. The number of benzene rings is 5. The Morgan fingerprint density at radius 2 is 0.842 bits per heavy atom. The van der Waals surface area contributed by atoms with Crippen LogP contribution in [0.5, 0.6) is 0 Å². The average molecular weight is 525 g/mol. The zero-order valence-electron chi connectivity index (χ0n) is 23.0. The highest BCUT2D eigenvalue weighted by Crippen LogP contribution is 2.38. The van der Waals surface area contributed by atoms with Gasteiger partial charge in [-0.25, -0.2) is 0 Å². The smallest absolute Gasteiger partial charge is 0.324 e. The molecule has 0 atom stereocenters. The lowest BCUT2D eigenvalue weighted by atomic mass is 9.82. The van der Waals surface area contributed by atoms with Crippen LogP contribution in [0.2, 0.25) is 0 Å². The van der Waals surface area contributed by atoms with Gasteiger partial charge in [-0.1, -0.05) is 126 Å². The van der Waals surface area contributed by atoms with Crippen molar-refractivity contribution in [1.82, 2.24) is 0 Å². The summed E-state index contributed by atoms with van der Waals surface area (Å²) in [6.45, 7) is 13.8. The molecule has 0 saturated heterocycles. The van der Waals surface area contributed by atoms with Crippen LogP contribution >= 0.6 is 8.60 Å². The van der Waals surface area contributed by atoms with E-state index >= 15 is 0 Å². The molecular formula is C34H37O3P. The first-order valence-corrected chi connectivity index (χ1v) is 14.1. The van der Waals surface area contributed by atoms with Gasteiger partial charge in [0.05, 0.1) is 0 Å². The largest absolute Gasteiger partial charge is 0.328 e. The van der Waals surface area contributed by atoms with Gasteiger partial charge in [0, 0.05) is 0 Å². The number of fused-ring (bicyclic) bond motifs is 2. The third-order valence-electron chi connectivity index (χ3n) is 6.93. The molecule has 0 radical (unpaired) electrons. The fourth-order valence-electron chi connectivity index (χ4n) is 5.17. The number of rotatable bonds is 2. The second-order valence-corrected chi connectivity index (χ2v) is 12.3. The molecule has 0 bridgehead atoms. The Balaban J connectivity index is 0.000000786. The van der Waals surface area contributed by atoms with Crippen LogP contribution in [0.25, 0.3) is 43.8 Å². The highest BCUT2D eigenvalue weighted by Gasteiger charge is 2.19.